The van der Waals surface area contributed by atoms with E-state index >= 15 is 0 Å². The summed E-state index contributed by atoms with van der Waals surface area (Å²) in [4.78, 5) is 11.0. The number of ether oxygens (including phenoxy) is 1. The average Bonchev–Trinajstić information content (AvgIpc) is 2.50. The fourth-order valence-corrected chi connectivity index (χ4v) is 2.06. The molecule has 2 N–H and O–H groups in total. The Balaban J connectivity index is 3.31. The molecule has 4 heteroatoms. The molecule has 0 bridgehead atoms. The van der Waals surface area contributed by atoms with Crippen LogP contribution in [0.1, 0.15) is 71.1 Å². The highest BCUT2D eigenvalue weighted by molar-refractivity contribution is 5.69. The maximum atomic E-state index is 11.0. The summed E-state index contributed by atoms with van der Waals surface area (Å²) < 4.78 is 4.22. The van der Waals surface area contributed by atoms with Crippen LogP contribution in [0, 0.1) is 0 Å². The summed E-state index contributed by atoms with van der Waals surface area (Å²) in [6.45, 7) is 0.149. The first-order chi connectivity index (χ1) is 11.2. The summed E-state index contributed by atoms with van der Waals surface area (Å²) >= 11 is 0. The topological polar surface area (TPSA) is 66.8 Å². The fourth-order valence-electron chi connectivity index (χ4n) is 2.06. The molecule has 0 aromatic rings. The molecule has 0 heterocycles. The van der Waals surface area contributed by atoms with Crippen molar-refractivity contribution in [2.45, 2.75) is 77.6 Å². The van der Waals surface area contributed by atoms with E-state index in [-0.39, 0.29) is 6.42 Å². The molecule has 0 aliphatic carbocycles. The zero-order valence-corrected chi connectivity index (χ0v) is 14.3. The summed E-state index contributed by atoms with van der Waals surface area (Å²) in [5.74, 6) is -0.554. The minimum atomic E-state index is -1.99. The highest BCUT2D eigenvalue weighted by atomic mass is 16.7. The molecule has 0 rings (SSSR count). The molecule has 0 amide bonds. The molecule has 0 spiro atoms. The first-order valence-electron chi connectivity index (χ1n) is 8.67. The van der Waals surface area contributed by atoms with Gasteiger partial charge in [-0.25, -0.2) is 0 Å². The Bertz CT molecular complexity index is 356. The predicted octanol–water partition coefficient (Wildman–Crippen LogP) is 4.39. The van der Waals surface area contributed by atoms with Crippen LogP contribution < -0.4 is 0 Å². The van der Waals surface area contributed by atoms with Crippen molar-refractivity contribution < 1.29 is 19.7 Å². The third-order valence-electron chi connectivity index (χ3n) is 3.27. The maximum absolute atomic E-state index is 11.0. The molecular weight excluding hydrogens is 292 g/mol. The molecule has 0 aliphatic heterocycles. The Labute approximate surface area is 140 Å². The van der Waals surface area contributed by atoms with Gasteiger partial charge in [-0.3, -0.25) is 4.79 Å². The lowest BCUT2D eigenvalue weighted by molar-refractivity contribution is -0.229. The van der Waals surface area contributed by atoms with Gasteiger partial charge in [0, 0.05) is 6.42 Å². The molecule has 23 heavy (non-hydrogen) atoms. The number of hydrogen-bond acceptors (Lipinski definition) is 4. The SMILES string of the molecule is CC/C=C\C/C=C\C/C=C\CCCCCCCC(=O)OC(O)O. The van der Waals surface area contributed by atoms with Gasteiger partial charge in [-0.1, -0.05) is 62.6 Å². The normalized spacial score (nSPS) is 12.2. The molecule has 0 saturated heterocycles. The second-order valence-electron chi connectivity index (χ2n) is 5.42. The highest BCUT2D eigenvalue weighted by Gasteiger charge is 2.06. The van der Waals surface area contributed by atoms with E-state index in [1.807, 2.05) is 0 Å². The predicted molar refractivity (Wildman–Crippen MR) is 93.6 cm³/mol. The van der Waals surface area contributed by atoms with Gasteiger partial charge in [-0.15, -0.1) is 0 Å². The molecule has 0 unspecified atom stereocenters. The summed E-state index contributed by atoms with van der Waals surface area (Å²) in [5, 5.41) is 16.9. The van der Waals surface area contributed by atoms with E-state index in [4.69, 9.17) is 10.2 Å². The fraction of sp³-hybridized carbons (Fsp3) is 0.632. The van der Waals surface area contributed by atoms with Crippen LogP contribution in [0.15, 0.2) is 36.5 Å². The smallest absolute Gasteiger partial charge is 0.313 e. The van der Waals surface area contributed by atoms with Crippen molar-refractivity contribution in [3.05, 3.63) is 36.5 Å². The standard InChI is InChI=1S/C19H32O4/c1-2-3-4-5-6-7-8-9-10-11-12-13-14-15-16-17-18(20)23-19(21)22/h3-4,6-7,9-10,19,21-22H,2,5,8,11-17H2,1H3/b4-3-,7-6-,10-9-. The van der Waals surface area contributed by atoms with Crippen LogP contribution in [0.2, 0.25) is 0 Å². The first kappa shape index (κ1) is 21.6. The second-order valence-corrected chi connectivity index (χ2v) is 5.42. The lowest BCUT2D eigenvalue weighted by Crippen LogP contribution is -2.16. The van der Waals surface area contributed by atoms with E-state index in [2.05, 4.69) is 48.1 Å². The average molecular weight is 324 g/mol. The molecule has 0 aromatic heterocycles. The van der Waals surface area contributed by atoms with Crippen molar-refractivity contribution in [3.63, 3.8) is 0 Å². The number of aliphatic hydroxyl groups is 2. The van der Waals surface area contributed by atoms with Gasteiger partial charge >= 0.3 is 12.4 Å². The van der Waals surface area contributed by atoms with Gasteiger partial charge in [0.05, 0.1) is 0 Å². The molecule has 4 nitrogen and oxygen atoms in total. The molecule has 0 saturated carbocycles. The van der Waals surface area contributed by atoms with Gasteiger partial charge < -0.3 is 14.9 Å². The van der Waals surface area contributed by atoms with Gasteiger partial charge in [-0.05, 0) is 38.5 Å². The second kappa shape index (κ2) is 17.0. The van der Waals surface area contributed by atoms with Crippen LogP contribution in [0.5, 0.6) is 0 Å². The summed E-state index contributed by atoms with van der Waals surface area (Å²) in [6, 6.07) is 0. The van der Waals surface area contributed by atoms with Crippen LogP contribution in [-0.4, -0.2) is 22.7 Å². The lowest BCUT2D eigenvalue weighted by Gasteiger charge is -2.05. The summed E-state index contributed by atoms with van der Waals surface area (Å²) in [7, 11) is 0. The molecule has 0 radical (unpaired) electrons. The largest absolute Gasteiger partial charge is 0.411 e. The Morgan fingerprint density at radius 3 is 2.09 bits per heavy atom. The summed E-state index contributed by atoms with van der Waals surface area (Å²) in [6.07, 6.45) is 22.8. The van der Waals surface area contributed by atoms with Crippen molar-refractivity contribution >= 4 is 5.97 Å². The van der Waals surface area contributed by atoms with Crippen molar-refractivity contribution in [2.24, 2.45) is 0 Å². The van der Waals surface area contributed by atoms with Gasteiger partial charge in [0.1, 0.15) is 0 Å². The van der Waals surface area contributed by atoms with Crippen LogP contribution >= 0.6 is 0 Å². The van der Waals surface area contributed by atoms with E-state index < -0.39 is 12.4 Å². The molecule has 132 valence electrons. The number of hydrogen-bond donors (Lipinski definition) is 2. The van der Waals surface area contributed by atoms with Gasteiger partial charge in [-0.2, -0.15) is 0 Å². The van der Waals surface area contributed by atoms with E-state index in [1.54, 1.807) is 0 Å². The van der Waals surface area contributed by atoms with E-state index in [1.165, 1.54) is 6.42 Å². The molecule has 0 aromatic carbocycles. The Hall–Kier alpha value is -1.39. The first-order valence-corrected chi connectivity index (χ1v) is 8.67. The summed E-state index contributed by atoms with van der Waals surface area (Å²) in [5.41, 5.74) is 0. The molecular formula is C19H32O4. The van der Waals surface area contributed by atoms with E-state index in [0.29, 0.717) is 0 Å². The number of unbranched alkanes of at least 4 members (excludes halogenated alkanes) is 5. The van der Waals surface area contributed by atoms with Crippen molar-refractivity contribution in [1.82, 2.24) is 0 Å². The van der Waals surface area contributed by atoms with Gasteiger partial charge in [0.15, 0.2) is 0 Å². The molecule has 0 fully saturated rings. The molecule has 0 aliphatic rings. The van der Waals surface area contributed by atoms with Crippen LogP contribution in [0.3, 0.4) is 0 Å². The minimum Gasteiger partial charge on any atom is -0.411 e. The molecule has 0 atom stereocenters. The Morgan fingerprint density at radius 2 is 1.43 bits per heavy atom. The third-order valence-corrected chi connectivity index (χ3v) is 3.27. The number of carbonyl (C=O) groups is 1. The van der Waals surface area contributed by atoms with E-state index in [0.717, 1.165) is 51.4 Å². The monoisotopic (exact) mass is 324 g/mol. The highest BCUT2D eigenvalue weighted by Crippen LogP contribution is 2.08. The van der Waals surface area contributed by atoms with Crippen molar-refractivity contribution in [3.8, 4) is 0 Å². The van der Waals surface area contributed by atoms with Crippen LogP contribution in [0.4, 0.5) is 0 Å². The Kier molecular flexibility index (Phi) is 15.9. The van der Waals surface area contributed by atoms with Crippen LogP contribution in [0.25, 0.3) is 0 Å². The zero-order chi connectivity index (χ0) is 17.2. The quantitative estimate of drug-likeness (QED) is 0.215. The number of aliphatic hydroxyl groups excluding tert-OH is 1. The third kappa shape index (κ3) is 18.6. The number of allylic oxidation sites excluding steroid dienone is 6. The van der Waals surface area contributed by atoms with Crippen molar-refractivity contribution in [1.29, 1.82) is 0 Å². The maximum Gasteiger partial charge on any atom is 0.313 e. The van der Waals surface area contributed by atoms with Crippen molar-refractivity contribution in [2.75, 3.05) is 0 Å². The van der Waals surface area contributed by atoms with Gasteiger partial charge in [0.2, 0.25) is 0 Å². The zero-order valence-electron chi connectivity index (χ0n) is 14.3. The van der Waals surface area contributed by atoms with Gasteiger partial charge in [0.25, 0.3) is 0 Å². The number of esters is 1. The minimum absolute atomic E-state index is 0.247. The number of carbonyl (C=O) groups excluding carboxylic acids is 1. The number of rotatable bonds is 14. The lowest BCUT2D eigenvalue weighted by atomic mass is 10.1. The van der Waals surface area contributed by atoms with E-state index in [9.17, 15) is 4.79 Å². The van der Waals surface area contributed by atoms with Crippen LogP contribution in [-0.2, 0) is 9.53 Å². The Morgan fingerprint density at radius 1 is 0.870 bits per heavy atom.